The number of carbonyl (C=O) groups excluding carboxylic acids is 1. The Kier molecular flexibility index (Phi) is 8.85. The molecule has 1 amide bonds. The van der Waals surface area contributed by atoms with Crippen LogP contribution in [0.15, 0.2) is 18.2 Å². The van der Waals surface area contributed by atoms with Crippen molar-refractivity contribution in [3.63, 3.8) is 0 Å². The summed E-state index contributed by atoms with van der Waals surface area (Å²) in [5, 5.41) is 0. The van der Waals surface area contributed by atoms with E-state index in [4.69, 9.17) is 0 Å². The van der Waals surface area contributed by atoms with Crippen molar-refractivity contribution in [1.29, 1.82) is 0 Å². The Labute approximate surface area is 149 Å². The van der Waals surface area contributed by atoms with Gasteiger partial charge in [0.05, 0.1) is 0 Å². The maximum Gasteiger partial charge on any atom is 0.229 e. The molecule has 0 aromatic heterocycles. The number of anilines is 1. The second kappa shape index (κ2) is 8.94. The van der Waals surface area contributed by atoms with Crippen LogP contribution in [-0.4, -0.2) is 12.5 Å². The molecule has 1 saturated heterocycles. The molecule has 1 radical (unpaired) electrons. The van der Waals surface area contributed by atoms with Gasteiger partial charge in [-0.1, -0.05) is 26.8 Å². The van der Waals surface area contributed by atoms with Crippen LogP contribution in [0.2, 0.25) is 0 Å². The van der Waals surface area contributed by atoms with Crippen molar-refractivity contribution in [3.8, 4) is 0 Å². The van der Waals surface area contributed by atoms with Crippen LogP contribution in [0.3, 0.4) is 0 Å². The summed E-state index contributed by atoms with van der Waals surface area (Å²) >= 11 is 0. The Bertz CT molecular complexity index is 445. The normalized spacial score (nSPS) is 19.4. The molecule has 3 rings (SSSR count). The monoisotopic (exact) mass is 349 g/mol. The number of hydrogen-bond acceptors (Lipinski definition) is 1. The van der Waals surface area contributed by atoms with Crippen LogP contribution in [0.25, 0.3) is 0 Å². The molecule has 2 aliphatic rings. The zero-order chi connectivity index (χ0) is 13.1. The van der Waals surface area contributed by atoms with Crippen LogP contribution in [0, 0.1) is 13.3 Å². The van der Waals surface area contributed by atoms with Gasteiger partial charge in [0, 0.05) is 50.9 Å². The van der Waals surface area contributed by atoms with Crippen molar-refractivity contribution in [1.82, 2.24) is 0 Å². The van der Waals surface area contributed by atoms with E-state index in [1.807, 2.05) is 25.7 Å². The molecule has 0 spiro atoms. The number of carbonyl (C=O) groups is 1. The van der Waals surface area contributed by atoms with Crippen molar-refractivity contribution in [2.75, 3.05) is 11.4 Å². The Hall–Kier alpha value is -0.206. The van der Waals surface area contributed by atoms with Gasteiger partial charge in [0.15, 0.2) is 0 Å². The van der Waals surface area contributed by atoms with E-state index >= 15 is 0 Å². The first-order valence-electron chi connectivity index (χ1n) is 7.19. The zero-order valence-corrected chi connectivity index (χ0v) is 16.1. The zero-order valence-electron chi connectivity index (χ0n) is 13.3. The quantitative estimate of drug-likeness (QED) is 0.701. The van der Waals surface area contributed by atoms with Gasteiger partial charge >= 0.3 is 0 Å². The van der Waals surface area contributed by atoms with E-state index in [-0.39, 0.29) is 52.0 Å². The molecule has 2 nitrogen and oxygen atoms in total. The second-order valence-corrected chi connectivity index (χ2v) is 4.99. The molecule has 1 heterocycles. The SMILES string of the molecule is CC.CC1CCN(c2ccc3c(c2)CCC3)C1=O.[CH3-].[Y]. The maximum absolute atomic E-state index is 11.9. The number of amides is 1. The number of fused-ring (bicyclic) bond motifs is 1. The fraction of sp³-hybridized carbons (Fsp3) is 0.529. The minimum Gasteiger partial charge on any atom is -0.358 e. The molecule has 1 aliphatic heterocycles. The molecule has 109 valence electrons. The summed E-state index contributed by atoms with van der Waals surface area (Å²) in [5.41, 5.74) is 4.03. The average molecular weight is 349 g/mol. The molecule has 3 heteroatoms. The van der Waals surface area contributed by atoms with Gasteiger partial charge in [0.2, 0.25) is 5.91 Å². The molecular formula is C17H26NOY-. The van der Waals surface area contributed by atoms with Gasteiger partial charge in [0.25, 0.3) is 0 Å². The molecule has 1 aromatic rings. The Balaban J connectivity index is 0.000000866. The summed E-state index contributed by atoms with van der Waals surface area (Å²) in [5.74, 6) is 0.492. The van der Waals surface area contributed by atoms with Crippen LogP contribution in [0.1, 0.15) is 44.7 Å². The standard InChI is InChI=1S/C14H17NO.C2H6.CH3.Y/c1-10-7-8-15(14(10)16)13-6-5-11-3-2-4-12(11)9-13;1-2;;/h5-6,9-10H,2-4,7-8H2,1H3;1-2H3;1H3;/q;;-1;. The Morgan fingerprint density at radius 1 is 1.15 bits per heavy atom. The van der Waals surface area contributed by atoms with Gasteiger partial charge in [0.1, 0.15) is 0 Å². The third-order valence-corrected chi connectivity index (χ3v) is 3.87. The topological polar surface area (TPSA) is 20.3 Å². The molecule has 1 fully saturated rings. The molecule has 20 heavy (non-hydrogen) atoms. The summed E-state index contributed by atoms with van der Waals surface area (Å²) in [6.45, 7) is 6.91. The minimum absolute atomic E-state index is 0. The van der Waals surface area contributed by atoms with Gasteiger partial charge in [-0.05, 0) is 48.9 Å². The average Bonchev–Trinajstić information content (AvgIpc) is 2.99. The first-order chi connectivity index (χ1) is 8.75. The van der Waals surface area contributed by atoms with Crippen LogP contribution in [-0.2, 0) is 50.3 Å². The van der Waals surface area contributed by atoms with Crippen molar-refractivity contribution in [2.45, 2.75) is 46.5 Å². The largest absolute Gasteiger partial charge is 0.358 e. The van der Waals surface area contributed by atoms with Gasteiger partial charge in [-0.15, -0.1) is 0 Å². The maximum atomic E-state index is 11.9. The minimum atomic E-state index is 0. The molecule has 1 aliphatic carbocycles. The van der Waals surface area contributed by atoms with Crippen molar-refractivity contribution >= 4 is 11.6 Å². The molecule has 1 aromatic carbocycles. The summed E-state index contributed by atoms with van der Waals surface area (Å²) in [6, 6.07) is 6.53. The number of hydrogen-bond donors (Lipinski definition) is 0. The Morgan fingerprint density at radius 3 is 2.40 bits per heavy atom. The molecule has 0 N–H and O–H groups in total. The van der Waals surface area contributed by atoms with Crippen molar-refractivity contribution in [3.05, 3.63) is 36.8 Å². The van der Waals surface area contributed by atoms with E-state index in [2.05, 4.69) is 18.2 Å². The summed E-state index contributed by atoms with van der Waals surface area (Å²) in [6.07, 6.45) is 4.65. The van der Waals surface area contributed by atoms with Gasteiger partial charge in [-0.2, -0.15) is 0 Å². The van der Waals surface area contributed by atoms with Crippen LogP contribution in [0.5, 0.6) is 0 Å². The van der Waals surface area contributed by atoms with Crippen molar-refractivity contribution < 1.29 is 37.5 Å². The van der Waals surface area contributed by atoms with E-state index in [1.54, 1.807) is 0 Å². The fourth-order valence-corrected chi connectivity index (χ4v) is 2.80. The second-order valence-electron chi connectivity index (χ2n) is 4.99. The smallest absolute Gasteiger partial charge is 0.229 e. The van der Waals surface area contributed by atoms with Gasteiger partial charge < -0.3 is 12.3 Å². The van der Waals surface area contributed by atoms with Crippen LogP contribution < -0.4 is 4.90 Å². The third-order valence-electron chi connectivity index (χ3n) is 3.87. The number of rotatable bonds is 1. The predicted molar refractivity (Wildman–Crippen MR) is 82.4 cm³/mol. The number of benzene rings is 1. The van der Waals surface area contributed by atoms with E-state index < -0.39 is 0 Å². The summed E-state index contributed by atoms with van der Waals surface area (Å²) < 4.78 is 0. The third kappa shape index (κ3) is 3.92. The van der Waals surface area contributed by atoms with Crippen LogP contribution in [0.4, 0.5) is 5.69 Å². The molecule has 1 unspecified atom stereocenters. The molecule has 0 bridgehead atoms. The number of aryl methyl sites for hydroxylation is 2. The van der Waals surface area contributed by atoms with Crippen molar-refractivity contribution in [2.24, 2.45) is 5.92 Å². The fourth-order valence-electron chi connectivity index (χ4n) is 2.80. The van der Waals surface area contributed by atoms with Crippen LogP contribution >= 0.6 is 0 Å². The Morgan fingerprint density at radius 2 is 1.80 bits per heavy atom. The predicted octanol–water partition coefficient (Wildman–Crippen LogP) is 4.02. The van der Waals surface area contributed by atoms with E-state index in [0.717, 1.165) is 18.7 Å². The first-order valence-corrected chi connectivity index (χ1v) is 7.19. The van der Waals surface area contributed by atoms with E-state index in [0.29, 0.717) is 0 Å². The molecule has 0 saturated carbocycles. The van der Waals surface area contributed by atoms with Gasteiger partial charge in [-0.3, -0.25) is 4.79 Å². The first kappa shape index (κ1) is 19.8. The van der Waals surface area contributed by atoms with Gasteiger partial charge in [-0.25, -0.2) is 0 Å². The van der Waals surface area contributed by atoms with E-state index in [1.165, 1.54) is 30.4 Å². The summed E-state index contributed by atoms with van der Waals surface area (Å²) in [4.78, 5) is 13.9. The van der Waals surface area contributed by atoms with E-state index in [9.17, 15) is 4.79 Å². The molecule has 1 atom stereocenters. The summed E-state index contributed by atoms with van der Waals surface area (Å²) in [7, 11) is 0. The number of nitrogens with zero attached hydrogens (tertiary/aromatic N) is 1. The molecular weight excluding hydrogens is 323 g/mol.